The van der Waals surface area contributed by atoms with E-state index in [0.29, 0.717) is 11.3 Å². The van der Waals surface area contributed by atoms with Crippen LogP contribution >= 0.6 is 0 Å². The normalized spacial score (nSPS) is 16.6. The molecule has 8 heteroatoms. The van der Waals surface area contributed by atoms with Crippen molar-refractivity contribution >= 4 is 17.7 Å². The zero-order valence-corrected chi connectivity index (χ0v) is 16.5. The van der Waals surface area contributed by atoms with Gasteiger partial charge in [-0.1, -0.05) is 18.2 Å². The van der Waals surface area contributed by atoms with Crippen LogP contribution in [0, 0.1) is 11.3 Å². The number of aromatic nitrogens is 1. The Labute approximate surface area is 178 Å². The first-order chi connectivity index (χ1) is 15.1. The van der Waals surface area contributed by atoms with E-state index < -0.39 is 17.7 Å². The molecule has 0 bridgehead atoms. The smallest absolute Gasteiger partial charge is 0.478 e. The second-order valence-electron chi connectivity index (χ2n) is 6.56. The molecule has 1 atom stereocenters. The first-order valence-corrected chi connectivity index (χ1v) is 9.48. The Balaban J connectivity index is 1.86. The molecule has 4 rings (SSSR count). The molecule has 3 aromatic rings. The number of amides is 1. The van der Waals surface area contributed by atoms with Crippen molar-refractivity contribution in [3.05, 3.63) is 83.6 Å². The molecule has 0 fully saturated rings. The summed E-state index contributed by atoms with van der Waals surface area (Å²) in [6.45, 7) is 2.05. The van der Waals surface area contributed by atoms with Crippen LogP contribution in [-0.2, 0) is 15.1 Å². The van der Waals surface area contributed by atoms with E-state index in [1.807, 2.05) is 6.07 Å². The lowest BCUT2D eigenvalue weighted by atomic mass is 9.87. The summed E-state index contributed by atoms with van der Waals surface area (Å²) in [4.78, 5) is 30.3. The first kappa shape index (κ1) is 19.9. The molecule has 2 heterocycles. The first-order valence-electron chi connectivity index (χ1n) is 9.48. The zero-order valence-electron chi connectivity index (χ0n) is 16.5. The number of pyridine rings is 1. The van der Waals surface area contributed by atoms with Crippen LogP contribution in [0.15, 0.2) is 66.9 Å². The number of anilines is 1. The van der Waals surface area contributed by atoms with Crippen LogP contribution < -0.4 is 14.8 Å². The van der Waals surface area contributed by atoms with Gasteiger partial charge in [-0.2, -0.15) is 5.26 Å². The third-order valence-corrected chi connectivity index (χ3v) is 4.71. The molecule has 1 aliphatic heterocycles. The van der Waals surface area contributed by atoms with Crippen LogP contribution in [0.25, 0.3) is 0 Å². The number of ether oxygens (including phenoxy) is 3. The van der Waals surface area contributed by atoms with Crippen molar-refractivity contribution in [2.75, 3.05) is 11.9 Å². The SMILES string of the molecule is CCOc1ncccc1C1(OC(=O)Oc2ccccc2)C(=O)Nc2ccc(C#N)cc21. The van der Waals surface area contributed by atoms with Gasteiger partial charge in [0.15, 0.2) is 0 Å². The third kappa shape index (κ3) is 3.53. The Morgan fingerprint density at radius 1 is 1.13 bits per heavy atom. The minimum Gasteiger partial charge on any atom is -0.478 e. The molecule has 0 spiro atoms. The lowest BCUT2D eigenvalue weighted by Gasteiger charge is -2.28. The number of para-hydroxylation sites is 1. The van der Waals surface area contributed by atoms with Crippen molar-refractivity contribution in [1.82, 2.24) is 4.98 Å². The van der Waals surface area contributed by atoms with Crippen LogP contribution in [0.3, 0.4) is 0 Å². The summed E-state index contributed by atoms with van der Waals surface area (Å²) in [5.74, 6) is -0.248. The Bertz CT molecular complexity index is 1190. The lowest BCUT2D eigenvalue weighted by molar-refractivity contribution is -0.131. The van der Waals surface area contributed by atoms with Crippen molar-refractivity contribution in [2.45, 2.75) is 12.5 Å². The van der Waals surface area contributed by atoms with E-state index in [0.717, 1.165) is 0 Å². The number of hydrogen-bond acceptors (Lipinski definition) is 7. The summed E-state index contributed by atoms with van der Waals surface area (Å²) in [7, 11) is 0. The molecule has 0 radical (unpaired) electrons. The predicted octanol–water partition coefficient (Wildman–Crippen LogP) is 3.76. The van der Waals surface area contributed by atoms with E-state index in [2.05, 4.69) is 10.3 Å². The van der Waals surface area contributed by atoms with Crippen LogP contribution in [0.4, 0.5) is 10.5 Å². The minimum absolute atomic E-state index is 0.128. The maximum absolute atomic E-state index is 13.3. The van der Waals surface area contributed by atoms with E-state index in [-0.39, 0.29) is 29.4 Å². The average Bonchev–Trinajstić information content (AvgIpc) is 3.06. The number of benzene rings is 2. The molecular formula is C23H17N3O5. The van der Waals surface area contributed by atoms with Crippen molar-refractivity contribution in [3.8, 4) is 17.7 Å². The zero-order chi connectivity index (χ0) is 21.8. The summed E-state index contributed by atoms with van der Waals surface area (Å²) in [5.41, 5.74) is -0.750. The maximum Gasteiger partial charge on any atom is 0.515 e. The van der Waals surface area contributed by atoms with Crippen molar-refractivity contribution in [1.29, 1.82) is 5.26 Å². The number of carbonyl (C=O) groups is 2. The highest BCUT2D eigenvalue weighted by molar-refractivity contribution is 6.08. The largest absolute Gasteiger partial charge is 0.515 e. The Hall–Kier alpha value is -4.38. The number of nitriles is 1. The number of rotatable bonds is 5. The summed E-state index contributed by atoms with van der Waals surface area (Å²) in [6, 6.07) is 18.2. The molecule has 1 amide bonds. The molecule has 31 heavy (non-hydrogen) atoms. The Kier molecular flexibility index (Phi) is 5.24. The number of fused-ring (bicyclic) bond motifs is 1. The van der Waals surface area contributed by atoms with Gasteiger partial charge in [0, 0.05) is 17.4 Å². The van der Waals surface area contributed by atoms with E-state index in [1.165, 1.54) is 12.3 Å². The fourth-order valence-corrected chi connectivity index (χ4v) is 3.41. The number of hydrogen-bond donors (Lipinski definition) is 1. The molecule has 2 aromatic carbocycles. The second-order valence-corrected chi connectivity index (χ2v) is 6.56. The van der Waals surface area contributed by atoms with Gasteiger partial charge in [-0.05, 0) is 49.4 Å². The van der Waals surface area contributed by atoms with E-state index >= 15 is 0 Å². The molecule has 0 saturated heterocycles. The quantitative estimate of drug-likeness (QED) is 0.499. The Morgan fingerprint density at radius 2 is 1.94 bits per heavy atom. The van der Waals surface area contributed by atoms with Crippen LogP contribution in [-0.4, -0.2) is 23.7 Å². The molecule has 1 aromatic heterocycles. The summed E-state index contributed by atoms with van der Waals surface area (Å²) in [6.07, 6.45) is 0.409. The van der Waals surface area contributed by atoms with Crippen LogP contribution in [0.5, 0.6) is 11.6 Å². The van der Waals surface area contributed by atoms with E-state index in [9.17, 15) is 14.9 Å². The summed E-state index contributed by atoms with van der Waals surface area (Å²) in [5, 5.41) is 12.1. The van der Waals surface area contributed by atoms with Crippen molar-refractivity contribution in [2.24, 2.45) is 0 Å². The van der Waals surface area contributed by atoms with Gasteiger partial charge in [0.05, 0.1) is 23.8 Å². The number of nitrogens with one attached hydrogen (secondary N) is 1. The second kappa shape index (κ2) is 8.16. The van der Waals surface area contributed by atoms with Gasteiger partial charge in [0.1, 0.15) is 5.75 Å². The average molecular weight is 415 g/mol. The molecule has 1 unspecified atom stereocenters. The van der Waals surface area contributed by atoms with Crippen molar-refractivity contribution < 1.29 is 23.8 Å². The van der Waals surface area contributed by atoms with Crippen molar-refractivity contribution in [3.63, 3.8) is 0 Å². The van der Waals surface area contributed by atoms with Gasteiger partial charge in [-0.3, -0.25) is 4.79 Å². The topological polar surface area (TPSA) is 111 Å². The van der Waals surface area contributed by atoms with E-state index in [1.54, 1.807) is 61.5 Å². The van der Waals surface area contributed by atoms with Gasteiger partial charge in [-0.25, -0.2) is 9.78 Å². The molecule has 154 valence electrons. The molecule has 1 N–H and O–H groups in total. The molecule has 0 aliphatic carbocycles. The lowest BCUT2D eigenvalue weighted by Crippen LogP contribution is -2.41. The van der Waals surface area contributed by atoms with Gasteiger partial charge in [0.25, 0.3) is 11.5 Å². The summed E-state index contributed by atoms with van der Waals surface area (Å²) < 4.78 is 16.6. The number of carbonyl (C=O) groups excluding carboxylic acids is 2. The fraction of sp³-hybridized carbons (Fsp3) is 0.130. The highest BCUT2D eigenvalue weighted by Crippen LogP contribution is 2.47. The molecule has 8 nitrogen and oxygen atoms in total. The Morgan fingerprint density at radius 3 is 2.68 bits per heavy atom. The third-order valence-electron chi connectivity index (χ3n) is 4.71. The monoisotopic (exact) mass is 415 g/mol. The minimum atomic E-state index is -1.95. The highest BCUT2D eigenvalue weighted by atomic mass is 16.7. The predicted molar refractivity (Wildman–Crippen MR) is 110 cm³/mol. The molecule has 1 aliphatic rings. The van der Waals surface area contributed by atoms with Crippen LogP contribution in [0.2, 0.25) is 0 Å². The van der Waals surface area contributed by atoms with Crippen LogP contribution in [0.1, 0.15) is 23.6 Å². The van der Waals surface area contributed by atoms with Gasteiger partial charge in [-0.15, -0.1) is 0 Å². The summed E-state index contributed by atoms with van der Waals surface area (Å²) >= 11 is 0. The maximum atomic E-state index is 13.3. The number of nitrogens with zero attached hydrogens (tertiary/aromatic N) is 2. The molecular weight excluding hydrogens is 398 g/mol. The highest BCUT2D eigenvalue weighted by Gasteiger charge is 2.55. The van der Waals surface area contributed by atoms with Gasteiger partial charge in [0.2, 0.25) is 5.88 Å². The molecule has 0 saturated carbocycles. The standard InChI is InChI=1S/C23H17N3O5/c1-2-29-20-17(9-6-12-25-20)23(31-22(28)30-16-7-4-3-5-8-16)18-13-15(14-24)10-11-19(18)26-21(23)27/h3-13H,2H2,1H3,(H,26,27). The van der Waals surface area contributed by atoms with Gasteiger partial charge < -0.3 is 19.5 Å². The van der Waals surface area contributed by atoms with Gasteiger partial charge >= 0.3 is 6.16 Å². The van der Waals surface area contributed by atoms with E-state index in [4.69, 9.17) is 14.2 Å². The fourth-order valence-electron chi connectivity index (χ4n) is 3.41.